The second kappa shape index (κ2) is 23.2. The van der Waals surface area contributed by atoms with Gasteiger partial charge < -0.3 is 24.0 Å². The average Bonchev–Trinajstić information content (AvgIpc) is 3.71. The van der Waals surface area contributed by atoms with Gasteiger partial charge in [0.25, 0.3) is 0 Å². The van der Waals surface area contributed by atoms with Crippen LogP contribution in [0.2, 0.25) is 0 Å². The zero-order valence-corrected chi connectivity index (χ0v) is 37.4. The summed E-state index contributed by atoms with van der Waals surface area (Å²) in [6.45, 7) is 21.6. The van der Waals surface area contributed by atoms with E-state index in [4.69, 9.17) is 14.2 Å². The first-order valence-corrected chi connectivity index (χ1v) is 22.4. The molecule has 312 valence electrons. The van der Waals surface area contributed by atoms with E-state index in [1.807, 2.05) is 38.1 Å². The number of unbranched alkanes of at least 4 members (excludes halogenated alkanes) is 6. The van der Waals surface area contributed by atoms with Gasteiger partial charge in [0.15, 0.2) is 22.8 Å². The molecule has 2 aromatic carbocycles. The van der Waals surface area contributed by atoms with Gasteiger partial charge >= 0.3 is 0 Å². The van der Waals surface area contributed by atoms with Crippen molar-refractivity contribution in [2.45, 2.75) is 112 Å². The Bertz CT molecular complexity index is 2000. The third-order valence-corrected chi connectivity index (χ3v) is 11.8. The van der Waals surface area contributed by atoms with Crippen LogP contribution in [0.3, 0.4) is 0 Å². The van der Waals surface area contributed by atoms with E-state index in [1.165, 1.54) is 11.4 Å². The first-order chi connectivity index (χ1) is 28.6. The molecule has 8 nitrogen and oxygen atoms in total. The summed E-state index contributed by atoms with van der Waals surface area (Å²) in [5.41, 5.74) is 5.23. The van der Waals surface area contributed by atoms with E-state index in [1.54, 1.807) is 11.3 Å². The second-order valence-electron chi connectivity index (χ2n) is 15.1. The number of nitriles is 3. The summed E-state index contributed by atoms with van der Waals surface area (Å²) in [5.74, 6) is 1.41. The highest BCUT2D eigenvalue weighted by atomic mass is 32.1. The molecule has 3 aromatic rings. The molecule has 0 saturated carbocycles. The summed E-state index contributed by atoms with van der Waals surface area (Å²) >= 11 is 1.59. The van der Waals surface area contributed by atoms with Gasteiger partial charge in [-0.2, -0.15) is 15.8 Å². The molecule has 0 fully saturated rings. The van der Waals surface area contributed by atoms with Crippen LogP contribution in [0.5, 0.6) is 11.5 Å². The first kappa shape index (κ1) is 46.3. The predicted octanol–water partition coefficient (Wildman–Crippen LogP) is 12.9. The number of allylic oxidation sites excluding steroid dienone is 2. The molecular formula is C50H63N5O3S. The van der Waals surface area contributed by atoms with Gasteiger partial charge in [-0.3, -0.25) is 0 Å². The average molecular weight is 814 g/mol. The summed E-state index contributed by atoms with van der Waals surface area (Å²) in [4.78, 5) is 6.49. The van der Waals surface area contributed by atoms with Gasteiger partial charge in [-0.1, -0.05) is 82.7 Å². The third kappa shape index (κ3) is 11.8. The molecule has 1 aliphatic heterocycles. The monoisotopic (exact) mass is 813 g/mol. The van der Waals surface area contributed by atoms with Gasteiger partial charge in [0.2, 0.25) is 0 Å². The highest BCUT2D eigenvalue weighted by Gasteiger charge is 2.38. The lowest BCUT2D eigenvalue weighted by atomic mass is 9.94. The van der Waals surface area contributed by atoms with Crippen LogP contribution in [0, 0.1) is 34.0 Å². The van der Waals surface area contributed by atoms with Gasteiger partial charge in [0, 0.05) is 43.1 Å². The number of nitrogens with zero attached hydrogens (tertiary/aromatic N) is 5. The predicted molar refractivity (Wildman–Crippen MR) is 246 cm³/mol. The molecule has 0 unspecified atom stereocenters. The number of hydrogen-bond acceptors (Lipinski definition) is 9. The minimum atomic E-state index is -0.947. The van der Waals surface area contributed by atoms with Crippen molar-refractivity contribution in [2.75, 3.05) is 49.2 Å². The highest BCUT2D eigenvalue weighted by Crippen LogP contribution is 2.47. The minimum absolute atomic E-state index is 0.0177. The molecule has 9 heteroatoms. The Labute approximate surface area is 358 Å². The lowest BCUT2D eigenvalue weighted by molar-refractivity contribution is 0.0954. The van der Waals surface area contributed by atoms with Gasteiger partial charge in [-0.25, -0.2) is 0 Å². The summed E-state index contributed by atoms with van der Waals surface area (Å²) in [6.07, 6.45) is 14.6. The van der Waals surface area contributed by atoms with Crippen molar-refractivity contribution in [3.05, 3.63) is 98.0 Å². The number of benzene rings is 2. The SMILES string of the molecule is CCCCCCOc1c(C=C(c2ccc(N(CC)CC)cc2)c2ccc(N(CC)CC)cc2)sc(/C=C/C2=C(C#N)C(=C(C#N)C#N)OC2(C)C)c1OCCCCCC. The van der Waals surface area contributed by atoms with Crippen molar-refractivity contribution in [1.29, 1.82) is 15.8 Å². The molecule has 0 bridgehead atoms. The minimum Gasteiger partial charge on any atom is -0.488 e. The highest BCUT2D eigenvalue weighted by molar-refractivity contribution is 7.14. The van der Waals surface area contributed by atoms with E-state index in [9.17, 15) is 15.8 Å². The quantitative estimate of drug-likeness (QED) is 0.0688. The number of thiophene rings is 1. The molecular weight excluding hydrogens is 751 g/mol. The van der Waals surface area contributed by atoms with Gasteiger partial charge in [0.05, 0.1) is 23.0 Å². The van der Waals surface area contributed by atoms with E-state index in [-0.39, 0.29) is 16.9 Å². The summed E-state index contributed by atoms with van der Waals surface area (Å²) in [5, 5.41) is 29.6. The van der Waals surface area contributed by atoms with Gasteiger partial charge in [0.1, 0.15) is 29.4 Å². The van der Waals surface area contributed by atoms with Crippen LogP contribution >= 0.6 is 11.3 Å². The Morgan fingerprint density at radius 1 is 0.661 bits per heavy atom. The van der Waals surface area contributed by atoms with Crippen LogP contribution in [0.4, 0.5) is 11.4 Å². The molecule has 59 heavy (non-hydrogen) atoms. The third-order valence-electron chi connectivity index (χ3n) is 10.7. The van der Waals surface area contributed by atoms with E-state index >= 15 is 0 Å². The van der Waals surface area contributed by atoms with Crippen molar-refractivity contribution in [1.82, 2.24) is 0 Å². The summed E-state index contributed by atoms with van der Waals surface area (Å²) < 4.78 is 19.6. The Balaban J connectivity index is 1.97. The normalized spacial score (nSPS) is 13.1. The van der Waals surface area contributed by atoms with Crippen LogP contribution in [0.1, 0.15) is 128 Å². The number of ether oxygens (including phenoxy) is 3. The maximum Gasteiger partial charge on any atom is 0.179 e. The second-order valence-corrected chi connectivity index (χ2v) is 16.2. The van der Waals surface area contributed by atoms with Crippen molar-refractivity contribution >= 4 is 40.4 Å². The molecule has 0 N–H and O–H groups in total. The van der Waals surface area contributed by atoms with E-state index in [0.29, 0.717) is 30.3 Å². The molecule has 0 spiro atoms. The molecule has 0 aliphatic carbocycles. The fourth-order valence-corrected chi connectivity index (χ4v) is 8.34. The molecule has 0 radical (unpaired) electrons. The molecule has 2 heterocycles. The first-order valence-electron chi connectivity index (χ1n) is 21.6. The Morgan fingerprint density at radius 3 is 1.56 bits per heavy atom. The molecule has 1 aliphatic rings. The largest absolute Gasteiger partial charge is 0.488 e. The van der Waals surface area contributed by atoms with Gasteiger partial charge in [-0.05, 0) is 108 Å². The molecule has 0 atom stereocenters. The topological polar surface area (TPSA) is 106 Å². The Kier molecular flexibility index (Phi) is 18.2. The Hall–Kier alpha value is -5.43. The summed E-state index contributed by atoms with van der Waals surface area (Å²) in [6, 6.07) is 23.7. The van der Waals surface area contributed by atoms with Crippen molar-refractivity contribution in [3.8, 4) is 29.7 Å². The molecule has 0 amide bonds. The van der Waals surface area contributed by atoms with E-state index < -0.39 is 5.60 Å². The standard InChI is InChI=1S/C50H63N5O3S/c1-9-15-17-19-31-56-48-45(30-29-44-43(36-53)47(39(34-51)35-52)58-50(44,7)8)59-46(49(48)57-32-20-18-16-10-2)33-42(37-21-25-40(26-22-37)54(11-3)12-4)38-23-27-41(28-24-38)55(13-5)14-6/h21-30,33H,9-20,31-32H2,1-8H3/b30-29+. The lowest BCUT2D eigenvalue weighted by Gasteiger charge is -2.22. The lowest BCUT2D eigenvalue weighted by Crippen LogP contribution is -2.21. The number of hydrogen-bond donors (Lipinski definition) is 0. The number of rotatable bonds is 23. The zero-order valence-electron chi connectivity index (χ0n) is 36.6. The van der Waals surface area contributed by atoms with Crippen molar-refractivity contribution in [2.24, 2.45) is 0 Å². The van der Waals surface area contributed by atoms with Crippen LogP contribution in [0.15, 0.2) is 77.1 Å². The van der Waals surface area contributed by atoms with Crippen molar-refractivity contribution < 1.29 is 14.2 Å². The molecule has 1 aromatic heterocycles. The molecule has 0 saturated heterocycles. The fourth-order valence-electron chi connectivity index (χ4n) is 7.31. The zero-order chi connectivity index (χ0) is 42.8. The van der Waals surface area contributed by atoms with Crippen molar-refractivity contribution in [3.63, 3.8) is 0 Å². The van der Waals surface area contributed by atoms with Crippen LogP contribution in [-0.2, 0) is 4.74 Å². The number of anilines is 2. The van der Waals surface area contributed by atoms with Gasteiger partial charge in [-0.15, -0.1) is 11.3 Å². The van der Waals surface area contributed by atoms with Crippen LogP contribution < -0.4 is 19.3 Å². The summed E-state index contributed by atoms with van der Waals surface area (Å²) in [7, 11) is 0. The fraction of sp³-hybridized carbons (Fsp3) is 0.460. The van der Waals surface area contributed by atoms with E-state index in [0.717, 1.165) is 104 Å². The Morgan fingerprint density at radius 2 is 1.14 bits per heavy atom. The maximum absolute atomic E-state index is 10.3. The van der Waals surface area contributed by atoms with Crippen LogP contribution in [-0.4, -0.2) is 45.0 Å². The maximum atomic E-state index is 10.3. The molecule has 4 rings (SSSR count). The van der Waals surface area contributed by atoms with Crippen LogP contribution in [0.25, 0.3) is 17.7 Å². The smallest absolute Gasteiger partial charge is 0.179 e. The van der Waals surface area contributed by atoms with E-state index in [2.05, 4.69) is 112 Å².